The predicted molar refractivity (Wildman–Crippen MR) is 85.3 cm³/mol. The van der Waals surface area contributed by atoms with E-state index in [1.165, 1.54) is 0 Å². The van der Waals surface area contributed by atoms with Crippen molar-refractivity contribution in [2.45, 2.75) is 38.8 Å². The molecule has 122 valence electrons. The third-order valence-corrected chi connectivity index (χ3v) is 4.46. The molecule has 0 spiro atoms. The molecule has 2 atom stereocenters. The molecule has 6 heteroatoms. The van der Waals surface area contributed by atoms with Gasteiger partial charge >= 0.3 is 0 Å². The van der Waals surface area contributed by atoms with Gasteiger partial charge in [-0.1, -0.05) is 30.3 Å². The van der Waals surface area contributed by atoms with Crippen LogP contribution in [0.25, 0.3) is 0 Å². The molecule has 1 fully saturated rings. The third-order valence-electron chi connectivity index (χ3n) is 4.46. The number of nitrogens with two attached hydrogens (primary N) is 1. The van der Waals surface area contributed by atoms with Crippen molar-refractivity contribution in [2.75, 3.05) is 6.54 Å². The van der Waals surface area contributed by atoms with Crippen LogP contribution in [-0.2, 0) is 17.8 Å². The van der Waals surface area contributed by atoms with Gasteiger partial charge in [0, 0.05) is 12.6 Å². The predicted octanol–water partition coefficient (Wildman–Crippen LogP) is 1.75. The number of carbonyl (C=O) groups is 1. The number of primary amides is 1. The summed E-state index contributed by atoms with van der Waals surface area (Å²) in [5.74, 6) is 0.894. The van der Waals surface area contributed by atoms with Crippen LogP contribution in [0.1, 0.15) is 37.1 Å². The quantitative estimate of drug-likeness (QED) is 0.908. The summed E-state index contributed by atoms with van der Waals surface area (Å²) in [7, 11) is 0. The van der Waals surface area contributed by atoms with Gasteiger partial charge in [-0.15, -0.1) is 10.2 Å². The summed E-state index contributed by atoms with van der Waals surface area (Å²) in [5, 5.41) is 8.26. The van der Waals surface area contributed by atoms with Crippen LogP contribution in [0.2, 0.25) is 0 Å². The molecule has 3 rings (SSSR count). The Hall–Kier alpha value is -2.21. The van der Waals surface area contributed by atoms with Crippen LogP contribution in [0.4, 0.5) is 0 Å². The molecule has 23 heavy (non-hydrogen) atoms. The molecule has 2 aromatic rings. The molecular weight excluding hydrogens is 292 g/mol. The molecule has 0 unspecified atom stereocenters. The summed E-state index contributed by atoms with van der Waals surface area (Å²) < 4.78 is 5.75. The molecule has 1 amide bonds. The van der Waals surface area contributed by atoms with Crippen molar-refractivity contribution in [3.05, 3.63) is 47.7 Å². The molecule has 0 aliphatic carbocycles. The smallest absolute Gasteiger partial charge is 0.230 e. The highest BCUT2D eigenvalue weighted by Gasteiger charge is 2.29. The highest BCUT2D eigenvalue weighted by Crippen LogP contribution is 2.23. The van der Waals surface area contributed by atoms with Gasteiger partial charge in [0.2, 0.25) is 17.7 Å². The maximum Gasteiger partial charge on any atom is 0.230 e. The van der Waals surface area contributed by atoms with E-state index >= 15 is 0 Å². The Balaban J connectivity index is 1.63. The van der Waals surface area contributed by atoms with E-state index in [1.54, 1.807) is 0 Å². The first-order valence-electron chi connectivity index (χ1n) is 8.00. The maximum atomic E-state index is 11.4. The Morgan fingerprint density at radius 2 is 2.00 bits per heavy atom. The average Bonchev–Trinajstić information content (AvgIpc) is 2.97. The van der Waals surface area contributed by atoms with E-state index in [1.807, 2.05) is 30.3 Å². The van der Waals surface area contributed by atoms with Gasteiger partial charge in [-0.05, 0) is 25.3 Å². The molecule has 6 nitrogen and oxygen atoms in total. The lowest BCUT2D eigenvalue weighted by molar-refractivity contribution is -0.124. The first kappa shape index (κ1) is 15.7. The normalized spacial score (nSPS) is 22.1. The SMILES string of the molecule is C[C@@H]1CC[C@@H](C(N)=O)CN1Cc1nnc(Cc2ccccc2)o1. The summed E-state index contributed by atoms with van der Waals surface area (Å²) in [4.78, 5) is 13.6. The topological polar surface area (TPSA) is 85.3 Å². The molecular formula is C17H22N4O2. The van der Waals surface area contributed by atoms with E-state index in [4.69, 9.17) is 10.2 Å². The number of carbonyl (C=O) groups excluding carboxylic acids is 1. The van der Waals surface area contributed by atoms with E-state index < -0.39 is 0 Å². The number of nitrogens with zero attached hydrogens (tertiary/aromatic N) is 3. The lowest BCUT2D eigenvalue weighted by Gasteiger charge is -2.35. The Labute approximate surface area is 135 Å². The minimum Gasteiger partial charge on any atom is -0.424 e. The van der Waals surface area contributed by atoms with Crippen LogP contribution in [-0.4, -0.2) is 33.6 Å². The Kier molecular flexibility index (Phi) is 4.71. The van der Waals surface area contributed by atoms with Gasteiger partial charge in [0.05, 0.1) is 18.9 Å². The highest BCUT2D eigenvalue weighted by atomic mass is 16.4. The van der Waals surface area contributed by atoms with E-state index in [-0.39, 0.29) is 11.8 Å². The van der Waals surface area contributed by atoms with E-state index in [9.17, 15) is 4.79 Å². The van der Waals surface area contributed by atoms with Crippen LogP contribution in [0.5, 0.6) is 0 Å². The number of amides is 1. The number of hydrogen-bond donors (Lipinski definition) is 1. The fourth-order valence-electron chi connectivity index (χ4n) is 3.00. The molecule has 0 radical (unpaired) electrons. The third kappa shape index (κ3) is 3.96. The lowest BCUT2D eigenvalue weighted by atomic mass is 9.93. The van der Waals surface area contributed by atoms with Gasteiger partial charge in [-0.25, -0.2) is 0 Å². The molecule has 1 aliphatic heterocycles. The standard InChI is InChI=1S/C17H22N4O2/c1-12-7-8-14(17(18)22)10-21(12)11-16-20-19-15(23-16)9-13-5-3-2-4-6-13/h2-6,12,14H,7-11H2,1H3,(H2,18,22)/t12-,14-/m1/s1. The van der Waals surface area contributed by atoms with E-state index in [2.05, 4.69) is 22.0 Å². The van der Waals surface area contributed by atoms with Crippen LogP contribution in [0.15, 0.2) is 34.7 Å². The summed E-state index contributed by atoms with van der Waals surface area (Å²) >= 11 is 0. The molecule has 2 heterocycles. The number of aromatic nitrogens is 2. The fourth-order valence-corrected chi connectivity index (χ4v) is 3.00. The van der Waals surface area contributed by atoms with Gasteiger partial charge in [-0.3, -0.25) is 9.69 Å². The Bertz CT molecular complexity index is 656. The van der Waals surface area contributed by atoms with Crippen molar-refractivity contribution in [2.24, 2.45) is 11.7 Å². The minimum atomic E-state index is -0.225. The van der Waals surface area contributed by atoms with Gasteiger partial charge in [-0.2, -0.15) is 0 Å². The Morgan fingerprint density at radius 3 is 2.74 bits per heavy atom. The molecule has 2 N–H and O–H groups in total. The second-order valence-corrected chi connectivity index (χ2v) is 6.21. The second-order valence-electron chi connectivity index (χ2n) is 6.21. The molecule has 1 aromatic heterocycles. The monoisotopic (exact) mass is 314 g/mol. The first-order chi connectivity index (χ1) is 11.1. The van der Waals surface area contributed by atoms with Crippen LogP contribution >= 0.6 is 0 Å². The molecule has 0 saturated carbocycles. The summed E-state index contributed by atoms with van der Waals surface area (Å²) in [5.41, 5.74) is 6.58. The first-order valence-corrected chi connectivity index (χ1v) is 8.00. The van der Waals surface area contributed by atoms with Crippen LogP contribution in [0.3, 0.4) is 0 Å². The van der Waals surface area contributed by atoms with Gasteiger partial charge in [0.15, 0.2) is 0 Å². The molecule has 1 aromatic carbocycles. The highest BCUT2D eigenvalue weighted by molar-refractivity contribution is 5.76. The van der Waals surface area contributed by atoms with E-state index in [0.29, 0.717) is 37.3 Å². The zero-order chi connectivity index (χ0) is 16.2. The van der Waals surface area contributed by atoms with Gasteiger partial charge in [0.25, 0.3) is 0 Å². The van der Waals surface area contributed by atoms with Crippen LogP contribution < -0.4 is 5.73 Å². The molecule has 1 aliphatic rings. The fraction of sp³-hybridized carbons (Fsp3) is 0.471. The van der Waals surface area contributed by atoms with Crippen molar-refractivity contribution in [1.82, 2.24) is 15.1 Å². The van der Waals surface area contributed by atoms with Crippen molar-refractivity contribution < 1.29 is 9.21 Å². The number of likely N-dealkylation sites (tertiary alicyclic amines) is 1. The number of benzene rings is 1. The zero-order valence-corrected chi connectivity index (χ0v) is 13.3. The summed E-state index contributed by atoms with van der Waals surface area (Å²) in [6, 6.07) is 10.4. The molecule has 0 bridgehead atoms. The zero-order valence-electron chi connectivity index (χ0n) is 13.3. The van der Waals surface area contributed by atoms with Crippen molar-refractivity contribution in [1.29, 1.82) is 0 Å². The van der Waals surface area contributed by atoms with Gasteiger partial charge in [0.1, 0.15) is 0 Å². The summed E-state index contributed by atoms with van der Waals surface area (Å²) in [6.07, 6.45) is 2.45. The number of hydrogen-bond acceptors (Lipinski definition) is 5. The Morgan fingerprint density at radius 1 is 1.26 bits per heavy atom. The van der Waals surface area contributed by atoms with Crippen molar-refractivity contribution >= 4 is 5.91 Å². The molecule has 1 saturated heterocycles. The number of piperidine rings is 1. The minimum absolute atomic E-state index is 0.0853. The van der Waals surface area contributed by atoms with Crippen molar-refractivity contribution in [3.63, 3.8) is 0 Å². The number of rotatable bonds is 5. The average molecular weight is 314 g/mol. The van der Waals surface area contributed by atoms with Crippen molar-refractivity contribution in [3.8, 4) is 0 Å². The largest absolute Gasteiger partial charge is 0.424 e. The summed E-state index contributed by atoms with van der Waals surface area (Å²) in [6.45, 7) is 3.37. The van der Waals surface area contributed by atoms with E-state index in [0.717, 1.165) is 18.4 Å². The van der Waals surface area contributed by atoms with Crippen LogP contribution in [0, 0.1) is 5.92 Å². The lowest BCUT2D eigenvalue weighted by Crippen LogP contribution is -2.45. The second kappa shape index (κ2) is 6.91. The van der Waals surface area contributed by atoms with Gasteiger partial charge < -0.3 is 10.2 Å². The maximum absolute atomic E-state index is 11.4.